The molecule has 0 bridgehead atoms. The van der Waals surface area contributed by atoms with Crippen molar-refractivity contribution in [2.45, 2.75) is 38.8 Å². The molecule has 0 spiro atoms. The van der Waals surface area contributed by atoms with Crippen LogP contribution in [0.4, 0.5) is 4.79 Å². The molecule has 0 radical (unpaired) electrons. The quantitative estimate of drug-likeness (QED) is 0.681. The Labute approximate surface area is 154 Å². The van der Waals surface area contributed by atoms with Gasteiger partial charge in [0.15, 0.2) is 0 Å². The minimum atomic E-state index is -0.542. The standard InChI is InChI=1S/C17H17ClN2O2S2/c1-17(2,3)22-16(21)20-8-13(11-4-5-23-15(11)18)12-6-10(7-19)24-14(12)9-20/h4-6,13H,8-9H2,1-3H3. The van der Waals surface area contributed by atoms with Crippen LogP contribution in [0.3, 0.4) is 0 Å². The highest BCUT2D eigenvalue weighted by Crippen LogP contribution is 2.42. The van der Waals surface area contributed by atoms with Crippen LogP contribution in [0.2, 0.25) is 4.34 Å². The Morgan fingerprint density at radius 3 is 2.79 bits per heavy atom. The SMILES string of the molecule is CC(C)(C)OC(=O)N1Cc2sc(C#N)cc2C(c2ccsc2Cl)C1. The van der Waals surface area contributed by atoms with Crippen LogP contribution < -0.4 is 0 Å². The summed E-state index contributed by atoms with van der Waals surface area (Å²) in [6.45, 7) is 6.53. The third-order valence-electron chi connectivity index (χ3n) is 3.74. The molecule has 0 aromatic carbocycles. The van der Waals surface area contributed by atoms with Crippen LogP contribution in [0.5, 0.6) is 0 Å². The number of halogens is 1. The first kappa shape index (κ1) is 17.3. The van der Waals surface area contributed by atoms with Gasteiger partial charge in [0.05, 0.1) is 10.9 Å². The van der Waals surface area contributed by atoms with Crippen molar-refractivity contribution in [3.8, 4) is 6.07 Å². The minimum Gasteiger partial charge on any atom is -0.444 e. The van der Waals surface area contributed by atoms with E-state index < -0.39 is 5.60 Å². The molecule has 24 heavy (non-hydrogen) atoms. The van der Waals surface area contributed by atoms with E-state index in [0.29, 0.717) is 18.0 Å². The van der Waals surface area contributed by atoms with Gasteiger partial charge in [0.25, 0.3) is 0 Å². The van der Waals surface area contributed by atoms with E-state index in [2.05, 4.69) is 6.07 Å². The van der Waals surface area contributed by atoms with Gasteiger partial charge in [-0.2, -0.15) is 5.26 Å². The molecule has 1 atom stereocenters. The number of amides is 1. The van der Waals surface area contributed by atoms with Crippen LogP contribution in [0.1, 0.15) is 47.6 Å². The Kier molecular flexibility index (Phi) is 4.60. The van der Waals surface area contributed by atoms with Crippen molar-refractivity contribution in [3.63, 3.8) is 0 Å². The molecule has 1 unspecified atom stereocenters. The van der Waals surface area contributed by atoms with Crippen LogP contribution >= 0.6 is 34.3 Å². The van der Waals surface area contributed by atoms with E-state index in [4.69, 9.17) is 16.3 Å². The Bertz CT molecular complexity index is 813. The second-order valence-corrected chi connectivity index (χ2v) is 9.32. The van der Waals surface area contributed by atoms with Crippen molar-refractivity contribution in [3.05, 3.63) is 42.7 Å². The number of fused-ring (bicyclic) bond motifs is 1. The summed E-state index contributed by atoms with van der Waals surface area (Å²) in [6, 6.07) is 6.11. The highest BCUT2D eigenvalue weighted by Gasteiger charge is 2.34. The summed E-state index contributed by atoms with van der Waals surface area (Å²) < 4.78 is 6.24. The largest absolute Gasteiger partial charge is 0.444 e. The predicted molar refractivity (Wildman–Crippen MR) is 96.9 cm³/mol. The van der Waals surface area contributed by atoms with Gasteiger partial charge in [-0.1, -0.05) is 11.6 Å². The number of thiophene rings is 2. The molecule has 0 saturated heterocycles. The summed E-state index contributed by atoms with van der Waals surface area (Å²) in [7, 11) is 0. The monoisotopic (exact) mass is 380 g/mol. The summed E-state index contributed by atoms with van der Waals surface area (Å²) in [5.41, 5.74) is 1.55. The minimum absolute atomic E-state index is 0.0293. The lowest BCUT2D eigenvalue weighted by molar-refractivity contribution is 0.0216. The molecule has 2 aromatic heterocycles. The molecule has 3 rings (SSSR count). The number of hydrogen-bond acceptors (Lipinski definition) is 5. The summed E-state index contributed by atoms with van der Waals surface area (Å²) in [5, 5.41) is 11.2. The van der Waals surface area contributed by atoms with Crippen molar-refractivity contribution in [2.24, 2.45) is 0 Å². The fourth-order valence-corrected chi connectivity index (χ4v) is 4.82. The zero-order chi connectivity index (χ0) is 17.5. The molecule has 0 N–H and O–H groups in total. The van der Waals surface area contributed by atoms with Gasteiger partial charge in [-0.15, -0.1) is 22.7 Å². The summed E-state index contributed by atoms with van der Waals surface area (Å²) >= 11 is 9.24. The summed E-state index contributed by atoms with van der Waals surface area (Å²) in [5.74, 6) is -0.0293. The van der Waals surface area contributed by atoms with E-state index in [1.165, 1.54) is 22.7 Å². The van der Waals surface area contributed by atoms with Crippen LogP contribution in [-0.2, 0) is 11.3 Å². The van der Waals surface area contributed by atoms with Crippen molar-refractivity contribution in [2.75, 3.05) is 6.54 Å². The maximum atomic E-state index is 12.5. The Balaban J connectivity index is 1.97. The number of carbonyl (C=O) groups is 1. The molecular formula is C17H17ClN2O2S2. The number of nitrogens with zero attached hydrogens (tertiary/aromatic N) is 2. The summed E-state index contributed by atoms with van der Waals surface area (Å²) in [6.07, 6.45) is -0.337. The lowest BCUT2D eigenvalue weighted by atomic mass is 9.90. The van der Waals surface area contributed by atoms with Gasteiger partial charge in [-0.3, -0.25) is 0 Å². The van der Waals surface area contributed by atoms with Gasteiger partial charge in [0.2, 0.25) is 0 Å². The van der Waals surface area contributed by atoms with E-state index in [9.17, 15) is 10.1 Å². The maximum Gasteiger partial charge on any atom is 0.410 e. The molecule has 0 fully saturated rings. The number of hydrogen-bond donors (Lipinski definition) is 0. The molecule has 126 valence electrons. The molecule has 1 aliphatic rings. The molecule has 7 heteroatoms. The molecular weight excluding hydrogens is 364 g/mol. The zero-order valence-electron chi connectivity index (χ0n) is 13.6. The highest BCUT2D eigenvalue weighted by atomic mass is 35.5. The molecule has 2 aromatic rings. The molecule has 1 aliphatic heterocycles. The second-order valence-electron chi connectivity index (χ2n) is 6.66. The first-order valence-corrected chi connectivity index (χ1v) is 9.59. The molecule has 4 nitrogen and oxygen atoms in total. The van der Waals surface area contributed by atoms with Crippen LogP contribution in [0.15, 0.2) is 17.5 Å². The topological polar surface area (TPSA) is 53.3 Å². The van der Waals surface area contributed by atoms with Gasteiger partial charge in [-0.25, -0.2) is 4.79 Å². The van der Waals surface area contributed by atoms with Crippen molar-refractivity contribution >= 4 is 40.4 Å². The first-order chi connectivity index (χ1) is 11.3. The third kappa shape index (κ3) is 3.44. The Hall–Kier alpha value is -1.55. The smallest absolute Gasteiger partial charge is 0.410 e. The Morgan fingerprint density at radius 2 is 2.21 bits per heavy atom. The fourth-order valence-electron chi connectivity index (χ4n) is 2.76. The molecule has 0 aliphatic carbocycles. The maximum absolute atomic E-state index is 12.5. The number of nitriles is 1. The van der Waals surface area contributed by atoms with Crippen molar-refractivity contribution in [1.82, 2.24) is 4.90 Å². The number of ether oxygens (including phenoxy) is 1. The van der Waals surface area contributed by atoms with Crippen LogP contribution in [0.25, 0.3) is 0 Å². The van der Waals surface area contributed by atoms with Crippen molar-refractivity contribution in [1.29, 1.82) is 5.26 Å². The van der Waals surface area contributed by atoms with Crippen LogP contribution in [-0.4, -0.2) is 23.1 Å². The van der Waals surface area contributed by atoms with Gasteiger partial charge >= 0.3 is 6.09 Å². The lowest BCUT2D eigenvalue weighted by Gasteiger charge is -2.34. The predicted octanol–water partition coefficient (Wildman–Crippen LogP) is 5.22. The van der Waals surface area contributed by atoms with Gasteiger partial charge in [0.1, 0.15) is 16.5 Å². The molecule has 1 amide bonds. The van der Waals surface area contributed by atoms with Gasteiger partial charge in [-0.05, 0) is 49.4 Å². The Morgan fingerprint density at radius 1 is 1.46 bits per heavy atom. The van der Waals surface area contributed by atoms with Crippen molar-refractivity contribution < 1.29 is 9.53 Å². The van der Waals surface area contributed by atoms with Gasteiger partial charge in [0, 0.05) is 17.3 Å². The molecule has 3 heterocycles. The number of rotatable bonds is 1. The third-order valence-corrected chi connectivity index (χ3v) is 5.98. The van der Waals surface area contributed by atoms with Gasteiger partial charge < -0.3 is 9.64 Å². The van der Waals surface area contributed by atoms with E-state index >= 15 is 0 Å². The van der Waals surface area contributed by atoms with Crippen LogP contribution in [0, 0.1) is 11.3 Å². The first-order valence-electron chi connectivity index (χ1n) is 7.52. The second kappa shape index (κ2) is 6.40. The lowest BCUT2D eigenvalue weighted by Crippen LogP contribution is -2.41. The fraction of sp³-hybridized carbons (Fsp3) is 0.412. The van der Waals surface area contributed by atoms with E-state index in [0.717, 1.165) is 20.3 Å². The average molecular weight is 381 g/mol. The highest BCUT2D eigenvalue weighted by molar-refractivity contribution is 7.14. The summed E-state index contributed by atoms with van der Waals surface area (Å²) in [4.78, 5) is 15.9. The molecule has 0 saturated carbocycles. The van der Waals surface area contributed by atoms with E-state index in [1.54, 1.807) is 4.90 Å². The number of carbonyl (C=O) groups excluding carboxylic acids is 1. The van der Waals surface area contributed by atoms with E-state index in [-0.39, 0.29) is 12.0 Å². The zero-order valence-corrected chi connectivity index (χ0v) is 16.0. The van der Waals surface area contributed by atoms with E-state index in [1.807, 2.05) is 38.3 Å². The average Bonchev–Trinajstić information content (AvgIpc) is 3.09. The normalized spacial score (nSPS) is 17.3.